The van der Waals surface area contributed by atoms with Gasteiger partial charge < -0.3 is 5.32 Å². The predicted octanol–water partition coefficient (Wildman–Crippen LogP) is 4.46. The lowest BCUT2D eigenvalue weighted by Crippen LogP contribution is -2.45. The Bertz CT molecular complexity index is 800. The maximum absolute atomic E-state index is 3.48. The molecule has 2 nitrogen and oxygen atoms in total. The smallest absolute Gasteiger partial charge is 0.0617 e. The Balaban J connectivity index is 1.79. The second-order valence-electron chi connectivity index (χ2n) is 6.47. The highest BCUT2D eigenvalue weighted by molar-refractivity contribution is 7.17. The summed E-state index contributed by atoms with van der Waals surface area (Å²) in [5.74, 6) is 0. The zero-order valence-corrected chi connectivity index (χ0v) is 15.0. The molecular weight excluding hydrogens is 312 g/mol. The van der Waals surface area contributed by atoms with Crippen LogP contribution in [0.2, 0.25) is 0 Å². The predicted molar refractivity (Wildman–Crippen MR) is 104 cm³/mol. The second-order valence-corrected chi connectivity index (χ2v) is 7.38. The van der Waals surface area contributed by atoms with E-state index < -0.39 is 0 Å². The molecule has 0 radical (unpaired) electrons. The van der Waals surface area contributed by atoms with E-state index in [-0.39, 0.29) is 0 Å². The van der Waals surface area contributed by atoms with E-state index in [1.54, 1.807) is 0 Å². The molecule has 0 aliphatic carbocycles. The number of hydrogen-bond acceptors (Lipinski definition) is 3. The Morgan fingerprint density at radius 1 is 1.04 bits per heavy atom. The van der Waals surface area contributed by atoms with E-state index in [2.05, 4.69) is 71.1 Å². The van der Waals surface area contributed by atoms with E-state index >= 15 is 0 Å². The summed E-state index contributed by atoms with van der Waals surface area (Å²) in [6.07, 6.45) is 1.10. The first kappa shape index (κ1) is 15.8. The molecule has 4 rings (SSSR count). The molecule has 124 valence electrons. The van der Waals surface area contributed by atoms with Crippen LogP contribution < -0.4 is 5.32 Å². The summed E-state index contributed by atoms with van der Waals surface area (Å²) in [7, 11) is 0. The molecule has 1 aromatic heterocycles. The van der Waals surface area contributed by atoms with Gasteiger partial charge in [-0.1, -0.05) is 49.4 Å². The summed E-state index contributed by atoms with van der Waals surface area (Å²) in [4.78, 5) is 2.63. The van der Waals surface area contributed by atoms with Crippen molar-refractivity contribution in [2.24, 2.45) is 0 Å². The van der Waals surface area contributed by atoms with Gasteiger partial charge in [0.1, 0.15) is 0 Å². The van der Waals surface area contributed by atoms with Gasteiger partial charge in [0.05, 0.1) is 6.04 Å². The number of hydrogen-bond donors (Lipinski definition) is 1. The highest BCUT2D eigenvalue weighted by Crippen LogP contribution is 2.37. The molecule has 0 bridgehead atoms. The summed E-state index contributed by atoms with van der Waals surface area (Å²) in [6, 6.07) is 18.4. The van der Waals surface area contributed by atoms with Crippen LogP contribution in [0.5, 0.6) is 0 Å². The molecule has 3 heteroatoms. The maximum Gasteiger partial charge on any atom is 0.0617 e. The SMILES string of the molecule is CCc1ccc(C(c2csc3ccccc23)N2CCNCC2)cc1. The zero-order valence-electron chi connectivity index (χ0n) is 14.2. The van der Waals surface area contributed by atoms with Crippen LogP contribution in [0.4, 0.5) is 0 Å². The van der Waals surface area contributed by atoms with E-state index in [1.165, 1.54) is 26.8 Å². The van der Waals surface area contributed by atoms with E-state index in [0.717, 1.165) is 32.6 Å². The molecule has 2 heterocycles. The molecule has 0 saturated carbocycles. The van der Waals surface area contributed by atoms with Crippen molar-refractivity contribution in [2.75, 3.05) is 26.2 Å². The number of nitrogens with zero attached hydrogens (tertiary/aromatic N) is 1. The zero-order chi connectivity index (χ0) is 16.4. The van der Waals surface area contributed by atoms with Crippen LogP contribution in [-0.2, 0) is 6.42 Å². The largest absolute Gasteiger partial charge is 0.314 e. The van der Waals surface area contributed by atoms with E-state index in [9.17, 15) is 0 Å². The molecule has 1 saturated heterocycles. The third kappa shape index (κ3) is 3.00. The van der Waals surface area contributed by atoms with E-state index in [0.29, 0.717) is 6.04 Å². The van der Waals surface area contributed by atoms with Gasteiger partial charge in [-0.25, -0.2) is 0 Å². The third-order valence-electron chi connectivity index (χ3n) is 5.03. The molecule has 1 fully saturated rings. The normalized spacial score (nSPS) is 17.2. The minimum Gasteiger partial charge on any atom is -0.314 e. The molecule has 24 heavy (non-hydrogen) atoms. The van der Waals surface area contributed by atoms with Crippen molar-refractivity contribution < 1.29 is 0 Å². The van der Waals surface area contributed by atoms with Crippen molar-refractivity contribution in [1.82, 2.24) is 10.2 Å². The van der Waals surface area contributed by atoms with Crippen LogP contribution in [0.1, 0.15) is 29.7 Å². The lowest BCUT2D eigenvalue weighted by molar-refractivity contribution is 0.199. The first-order chi connectivity index (χ1) is 11.9. The lowest BCUT2D eigenvalue weighted by Gasteiger charge is -2.35. The van der Waals surface area contributed by atoms with Crippen LogP contribution in [0, 0.1) is 0 Å². The van der Waals surface area contributed by atoms with Crippen LogP contribution in [-0.4, -0.2) is 31.1 Å². The molecule has 0 spiro atoms. The molecule has 2 aromatic carbocycles. The number of benzene rings is 2. The Morgan fingerprint density at radius 2 is 1.79 bits per heavy atom. The molecule has 1 atom stereocenters. The van der Waals surface area contributed by atoms with Crippen molar-refractivity contribution in [2.45, 2.75) is 19.4 Å². The number of aryl methyl sites for hydroxylation is 1. The third-order valence-corrected chi connectivity index (χ3v) is 6.01. The van der Waals surface area contributed by atoms with Crippen molar-refractivity contribution in [3.8, 4) is 0 Å². The maximum atomic E-state index is 3.48. The van der Waals surface area contributed by atoms with Gasteiger partial charge >= 0.3 is 0 Å². The van der Waals surface area contributed by atoms with Crippen molar-refractivity contribution in [3.05, 3.63) is 70.6 Å². The van der Waals surface area contributed by atoms with Gasteiger partial charge in [0.15, 0.2) is 0 Å². The van der Waals surface area contributed by atoms with Crippen LogP contribution in [0.25, 0.3) is 10.1 Å². The van der Waals surface area contributed by atoms with Gasteiger partial charge in [-0.2, -0.15) is 0 Å². The quantitative estimate of drug-likeness (QED) is 0.757. The topological polar surface area (TPSA) is 15.3 Å². The summed E-state index contributed by atoms with van der Waals surface area (Å²) < 4.78 is 1.39. The molecule has 1 aliphatic heterocycles. The summed E-state index contributed by atoms with van der Waals surface area (Å²) >= 11 is 1.87. The fourth-order valence-corrected chi connectivity index (χ4v) is 4.65. The van der Waals surface area contributed by atoms with Crippen molar-refractivity contribution in [3.63, 3.8) is 0 Å². The minimum absolute atomic E-state index is 0.356. The lowest BCUT2D eigenvalue weighted by atomic mass is 9.95. The van der Waals surface area contributed by atoms with Gasteiger partial charge in [-0.05, 0) is 39.9 Å². The fraction of sp³-hybridized carbons (Fsp3) is 0.333. The molecule has 0 amide bonds. The van der Waals surface area contributed by atoms with Crippen molar-refractivity contribution >= 4 is 21.4 Å². The number of piperazine rings is 1. The average Bonchev–Trinajstić information content (AvgIpc) is 3.07. The van der Waals surface area contributed by atoms with Gasteiger partial charge in [0.2, 0.25) is 0 Å². The van der Waals surface area contributed by atoms with Crippen LogP contribution in [0.15, 0.2) is 53.9 Å². The van der Waals surface area contributed by atoms with Gasteiger partial charge in [0, 0.05) is 30.9 Å². The van der Waals surface area contributed by atoms with Crippen molar-refractivity contribution in [1.29, 1.82) is 0 Å². The standard InChI is InChI=1S/C21H24N2S/c1-2-16-7-9-17(10-8-16)21(23-13-11-22-12-14-23)19-15-24-20-6-4-3-5-18(19)20/h3-10,15,21-22H,2,11-14H2,1H3. The molecule has 1 aliphatic rings. The van der Waals surface area contributed by atoms with Gasteiger partial charge in [0.25, 0.3) is 0 Å². The van der Waals surface area contributed by atoms with Gasteiger partial charge in [-0.3, -0.25) is 4.90 Å². The molecular formula is C21H24N2S. The fourth-order valence-electron chi connectivity index (χ4n) is 3.67. The Labute approximate surface area is 148 Å². The van der Waals surface area contributed by atoms with E-state index in [4.69, 9.17) is 0 Å². The second kappa shape index (κ2) is 7.06. The number of rotatable bonds is 4. The monoisotopic (exact) mass is 336 g/mol. The highest BCUT2D eigenvalue weighted by atomic mass is 32.1. The molecule has 1 N–H and O–H groups in total. The number of thiophene rings is 1. The molecule has 1 unspecified atom stereocenters. The van der Waals surface area contributed by atoms with E-state index in [1.807, 2.05) is 11.3 Å². The summed E-state index contributed by atoms with van der Waals surface area (Å²) in [5, 5.41) is 7.26. The number of nitrogens with one attached hydrogen (secondary N) is 1. The van der Waals surface area contributed by atoms with Gasteiger partial charge in [-0.15, -0.1) is 11.3 Å². The highest BCUT2D eigenvalue weighted by Gasteiger charge is 2.26. The van der Waals surface area contributed by atoms with Crippen LogP contribution in [0.3, 0.4) is 0 Å². The molecule has 3 aromatic rings. The first-order valence-corrected chi connectivity index (χ1v) is 9.74. The Morgan fingerprint density at radius 3 is 2.54 bits per heavy atom. The summed E-state index contributed by atoms with van der Waals surface area (Å²) in [6.45, 7) is 6.57. The first-order valence-electron chi connectivity index (χ1n) is 8.86. The number of fused-ring (bicyclic) bond motifs is 1. The van der Waals surface area contributed by atoms with Crippen LogP contribution >= 0.6 is 11.3 Å². The average molecular weight is 337 g/mol. The minimum atomic E-state index is 0.356. The Hall–Kier alpha value is -1.68. The Kier molecular flexibility index (Phi) is 4.65. The summed E-state index contributed by atoms with van der Waals surface area (Å²) in [5.41, 5.74) is 4.28.